The van der Waals surface area contributed by atoms with Crippen molar-refractivity contribution in [1.29, 1.82) is 0 Å². The van der Waals surface area contributed by atoms with E-state index in [4.69, 9.17) is 4.74 Å². The molecule has 1 aliphatic carbocycles. The maximum atomic E-state index is 12.6. The van der Waals surface area contributed by atoms with E-state index in [0.717, 1.165) is 23.6 Å². The zero-order valence-corrected chi connectivity index (χ0v) is 15.1. The number of amides is 1. The van der Waals surface area contributed by atoms with Crippen molar-refractivity contribution in [3.63, 3.8) is 0 Å². The van der Waals surface area contributed by atoms with Gasteiger partial charge < -0.3 is 14.6 Å². The molecule has 0 radical (unpaired) electrons. The molecule has 1 unspecified atom stereocenters. The van der Waals surface area contributed by atoms with Crippen LogP contribution in [0.15, 0.2) is 36.7 Å². The molecule has 1 aromatic carbocycles. The van der Waals surface area contributed by atoms with Crippen molar-refractivity contribution in [3.05, 3.63) is 48.0 Å². The molecule has 1 atom stereocenters. The van der Waals surface area contributed by atoms with Crippen LogP contribution in [0.25, 0.3) is 0 Å². The van der Waals surface area contributed by atoms with Crippen molar-refractivity contribution in [1.82, 2.24) is 14.9 Å². The molecule has 1 aliphatic rings. The zero-order valence-electron chi connectivity index (χ0n) is 15.1. The first-order valence-corrected chi connectivity index (χ1v) is 9.08. The van der Waals surface area contributed by atoms with Crippen molar-refractivity contribution in [2.45, 2.75) is 44.6 Å². The second-order valence-electron chi connectivity index (χ2n) is 6.86. The quantitative estimate of drug-likeness (QED) is 0.837. The standard InChI is InChI=1S/C20H27N3O2/c1-23-13-12-21-20(23)19(16-8-5-9-17(14-16)25-2)22-18(24)11-10-15-6-3-4-7-15/h5,8-9,12-15,19H,3-4,6-7,10-11H2,1-2H3,(H,22,24). The van der Waals surface area contributed by atoms with Crippen LogP contribution in [-0.2, 0) is 11.8 Å². The maximum absolute atomic E-state index is 12.6. The molecule has 1 fully saturated rings. The van der Waals surface area contributed by atoms with Crippen LogP contribution in [0.2, 0.25) is 0 Å². The van der Waals surface area contributed by atoms with E-state index in [2.05, 4.69) is 10.3 Å². The number of ether oxygens (including phenoxy) is 1. The Morgan fingerprint density at radius 2 is 2.20 bits per heavy atom. The second-order valence-corrected chi connectivity index (χ2v) is 6.86. The first-order chi connectivity index (χ1) is 12.2. The van der Waals surface area contributed by atoms with Gasteiger partial charge in [-0.2, -0.15) is 0 Å². The first kappa shape index (κ1) is 17.5. The Bertz CT molecular complexity index is 704. The normalized spacial score (nSPS) is 15.9. The lowest BCUT2D eigenvalue weighted by molar-refractivity contribution is -0.121. The minimum atomic E-state index is -0.272. The molecule has 25 heavy (non-hydrogen) atoms. The summed E-state index contributed by atoms with van der Waals surface area (Å²) in [5.74, 6) is 2.40. The fourth-order valence-electron chi connectivity index (χ4n) is 3.64. The lowest BCUT2D eigenvalue weighted by atomic mass is 10.0. The molecule has 1 N–H and O–H groups in total. The number of carbonyl (C=O) groups is 1. The molecular formula is C20H27N3O2. The van der Waals surface area contributed by atoms with E-state index in [1.165, 1.54) is 25.7 Å². The topological polar surface area (TPSA) is 56.1 Å². The van der Waals surface area contributed by atoms with Crippen LogP contribution < -0.4 is 10.1 Å². The maximum Gasteiger partial charge on any atom is 0.220 e. The second kappa shape index (κ2) is 8.19. The number of aryl methyl sites for hydroxylation is 1. The highest BCUT2D eigenvalue weighted by Gasteiger charge is 2.22. The van der Waals surface area contributed by atoms with Gasteiger partial charge in [0.15, 0.2) is 0 Å². The van der Waals surface area contributed by atoms with Crippen LogP contribution in [0.1, 0.15) is 56.0 Å². The number of carbonyl (C=O) groups excluding carboxylic acids is 1. The third kappa shape index (κ3) is 4.41. The predicted octanol–water partition coefficient (Wildman–Crippen LogP) is 3.60. The molecule has 5 heteroatoms. The molecule has 5 nitrogen and oxygen atoms in total. The predicted molar refractivity (Wildman–Crippen MR) is 97.4 cm³/mol. The number of nitrogens with one attached hydrogen (secondary N) is 1. The summed E-state index contributed by atoms with van der Waals surface area (Å²) in [6.45, 7) is 0. The molecule has 1 saturated carbocycles. The van der Waals surface area contributed by atoms with Gasteiger partial charge >= 0.3 is 0 Å². The van der Waals surface area contributed by atoms with Gasteiger partial charge in [-0.05, 0) is 30.0 Å². The molecule has 1 amide bonds. The average Bonchev–Trinajstić information content (AvgIpc) is 3.29. The number of hydrogen-bond donors (Lipinski definition) is 1. The van der Waals surface area contributed by atoms with Gasteiger partial charge in [-0.3, -0.25) is 4.79 Å². The lowest BCUT2D eigenvalue weighted by Gasteiger charge is -2.20. The zero-order chi connectivity index (χ0) is 17.6. The highest BCUT2D eigenvalue weighted by Crippen LogP contribution is 2.29. The summed E-state index contributed by atoms with van der Waals surface area (Å²) in [6.07, 6.45) is 10.4. The smallest absolute Gasteiger partial charge is 0.220 e. The molecule has 2 aromatic rings. The van der Waals surface area contributed by atoms with Crippen LogP contribution in [0.3, 0.4) is 0 Å². The number of benzene rings is 1. The Labute approximate surface area is 149 Å². The molecule has 134 valence electrons. The van der Waals surface area contributed by atoms with Crippen molar-refractivity contribution < 1.29 is 9.53 Å². The van der Waals surface area contributed by atoms with E-state index in [0.29, 0.717) is 12.3 Å². The molecule has 3 rings (SSSR count). The van der Waals surface area contributed by atoms with Gasteiger partial charge in [-0.1, -0.05) is 37.8 Å². The Morgan fingerprint density at radius 1 is 1.40 bits per heavy atom. The summed E-state index contributed by atoms with van der Waals surface area (Å²) >= 11 is 0. The summed E-state index contributed by atoms with van der Waals surface area (Å²) in [4.78, 5) is 17.0. The highest BCUT2D eigenvalue weighted by atomic mass is 16.5. The van der Waals surface area contributed by atoms with E-state index in [1.807, 2.05) is 42.1 Å². The van der Waals surface area contributed by atoms with Crippen molar-refractivity contribution in [2.75, 3.05) is 7.11 Å². The summed E-state index contributed by atoms with van der Waals surface area (Å²) in [7, 11) is 3.59. The Balaban J connectivity index is 1.74. The van der Waals surface area contributed by atoms with E-state index < -0.39 is 0 Å². The third-order valence-corrected chi connectivity index (χ3v) is 5.10. The summed E-state index contributed by atoms with van der Waals surface area (Å²) in [5, 5.41) is 3.17. The van der Waals surface area contributed by atoms with Crippen molar-refractivity contribution >= 4 is 5.91 Å². The fourth-order valence-corrected chi connectivity index (χ4v) is 3.64. The van der Waals surface area contributed by atoms with Crippen LogP contribution in [0, 0.1) is 5.92 Å². The van der Waals surface area contributed by atoms with Gasteiger partial charge in [0.2, 0.25) is 5.91 Å². The van der Waals surface area contributed by atoms with Crippen molar-refractivity contribution in [3.8, 4) is 5.75 Å². The number of rotatable bonds is 7. The lowest BCUT2D eigenvalue weighted by Crippen LogP contribution is -2.31. The number of hydrogen-bond acceptors (Lipinski definition) is 3. The molecular weight excluding hydrogens is 314 g/mol. The van der Waals surface area contributed by atoms with Gasteiger partial charge in [0, 0.05) is 25.9 Å². The minimum absolute atomic E-state index is 0.0859. The first-order valence-electron chi connectivity index (χ1n) is 9.08. The number of methoxy groups -OCH3 is 1. The Morgan fingerprint density at radius 3 is 2.88 bits per heavy atom. The van der Waals surface area contributed by atoms with E-state index in [9.17, 15) is 4.79 Å². The third-order valence-electron chi connectivity index (χ3n) is 5.10. The van der Waals surface area contributed by atoms with E-state index in [-0.39, 0.29) is 11.9 Å². The van der Waals surface area contributed by atoms with E-state index in [1.54, 1.807) is 13.3 Å². The summed E-state index contributed by atoms with van der Waals surface area (Å²) in [5.41, 5.74) is 0.975. The van der Waals surface area contributed by atoms with Gasteiger partial charge in [0.05, 0.1) is 7.11 Å². The summed E-state index contributed by atoms with van der Waals surface area (Å²) < 4.78 is 7.28. The van der Waals surface area contributed by atoms with Crippen LogP contribution in [0.4, 0.5) is 0 Å². The Kier molecular flexibility index (Phi) is 5.74. The van der Waals surface area contributed by atoms with E-state index >= 15 is 0 Å². The van der Waals surface area contributed by atoms with Gasteiger partial charge in [0.1, 0.15) is 17.6 Å². The average molecular weight is 341 g/mol. The molecule has 0 aliphatic heterocycles. The van der Waals surface area contributed by atoms with Crippen LogP contribution in [0.5, 0.6) is 5.75 Å². The van der Waals surface area contributed by atoms with Gasteiger partial charge in [0.25, 0.3) is 0 Å². The molecule has 0 saturated heterocycles. The SMILES string of the molecule is COc1cccc(C(NC(=O)CCC2CCCC2)c2nccn2C)c1. The fraction of sp³-hybridized carbons (Fsp3) is 0.500. The van der Waals surface area contributed by atoms with Crippen LogP contribution in [-0.4, -0.2) is 22.6 Å². The minimum Gasteiger partial charge on any atom is -0.497 e. The van der Waals surface area contributed by atoms with Gasteiger partial charge in [-0.25, -0.2) is 4.98 Å². The summed E-state index contributed by atoms with van der Waals surface area (Å²) in [6, 6.07) is 7.52. The molecule has 1 aromatic heterocycles. The molecule has 0 bridgehead atoms. The molecule has 0 spiro atoms. The number of nitrogens with zero attached hydrogens (tertiary/aromatic N) is 2. The largest absolute Gasteiger partial charge is 0.497 e. The molecule has 1 heterocycles. The van der Waals surface area contributed by atoms with Crippen LogP contribution >= 0.6 is 0 Å². The van der Waals surface area contributed by atoms with Crippen molar-refractivity contribution in [2.24, 2.45) is 13.0 Å². The number of aromatic nitrogens is 2. The highest BCUT2D eigenvalue weighted by molar-refractivity contribution is 5.76. The Hall–Kier alpha value is -2.30. The number of imidazole rings is 1. The monoisotopic (exact) mass is 341 g/mol. The van der Waals surface area contributed by atoms with Gasteiger partial charge in [-0.15, -0.1) is 0 Å².